The highest BCUT2D eigenvalue weighted by Crippen LogP contribution is 2.19. The zero-order valence-corrected chi connectivity index (χ0v) is 18.0. The lowest BCUT2D eigenvalue weighted by molar-refractivity contribution is 0.164. The van der Waals surface area contributed by atoms with Crippen molar-refractivity contribution in [3.05, 3.63) is 45.9 Å². The summed E-state index contributed by atoms with van der Waals surface area (Å²) in [7, 11) is 0. The van der Waals surface area contributed by atoms with Gasteiger partial charge < -0.3 is 15.0 Å². The van der Waals surface area contributed by atoms with Gasteiger partial charge in [0.15, 0.2) is 0 Å². The smallest absolute Gasteiger partial charge is 0.318 e. The number of amides is 2. The van der Waals surface area contributed by atoms with Gasteiger partial charge in [0.2, 0.25) is 0 Å². The first-order chi connectivity index (χ1) is 12.7. The molecule has 1 atom stereocenters. The largest absolute Gasteiger partial charge is 0.486 e. The van der Waals surface area contributed by atoms with Gasteiger partial charge in [-0.05, 0) is 58.7 Å². The zero-order valence-electron chi connectivity index (χ0n) is 17.2. The van der Waals surface area contributed by atoms with Crippen LogP contribution in [0.5, 0.6) is 5.75 Å². The molecule has 27 heavy (non-hydrogen) atoms. The van der Waals surface area contributed by atoms with Crippen LogP contribution in [0.1, 0.15) is 57.3 Å². The highest BCUT2D eigenvalue weighted by Gasteiger charge is 2.24. The maximum atomic E-state index is 12.7. The van der Waals surface area contributed by atoms with Gasteiger partial charge in [-0.15, -0.1) is 11.3 Å². The van der Waals surface area contributed by atoms with Gasteiger partial charge in [-0.2, -0.15) is 0 Å². The average Bonchev–Trinajstić information content (AvgIpc) is 3.03. The number of aromatic nitrogens is 1. The number of carbonyl (C=O) groups excluding carboxylic acids is 1. The lowest BCUT2D eigenvalue weighted by atomic mass is 10.1. The molecule has 5 nitrogen and oxygen atoms in total. The van der Waals surface area contributed by atoms with Crippen LogP contribution < -0.4 is 10.1 Å². The van der Waals surface area contributed by atoms with Crippen molar-refractivity contribution in [1.29, 1.82) is 0 Å². The van der Waals surface area contributed by atoms with E-state index in [1.54, 1.807) is 11.3 Å². The summed E-state index contributed by atoms with van der Waals surface area (Å²) in [6.07, 6.45) is 0.894. The first-order valence-electron chi connectivity index (χ1n) is 9.39. The van der Waals surface area contributed by atoms with Crippen LogP contribution in [0.4, 0.5) is 4.79 Å². The van der Waals surface area contributed by atoms with Crippen molar-refractivity contribution in [2.75, 3.05) is 0 Å². The van der Waals surface area contributed by atoms with E-state index < -0.39 is 0 Å². The number of urea groups is 1. The van der Waals surface area contributed by atoms with Crippen LogP contribution in [-0.2, 0) is 13.2 Å². The third kappa shape index (κ3) is 6.86. The van der Waals surface area contributed by atoms with Crippen LogP contribution in [0.3, 0.4) is 0 Å². The normalized spacial score (nSPS) is 12.5. The van der Waals surface area contributed by atoms with E-state index in [9.17, 15) is 4.79 Å². The monoisotopic (exact) mass is 389 g/mol. The Hall–Kier alpha value is -2.08. The molecule has 1 N–H and O–H groups in total. The Bertz CT molecular complexity index is 752. The maximum Gasteiger partial charge on any atom is 0.318 e. The molecule has 0 aliphatic carbocycles. The molecule has 2 amide bonds. The van der Waals surface area contributed by atoms with Gasteiger partial charge >= 0.3 is 6.03 Å². The highest BCUT2D eigenvalue weighted by atomic mass is 32.1. The summed E-state index contributed by atoms with van der Waals surface area (Å²) < 4.78 is 5.83. The standard InChI is InChI=1S/C21H31N3O2S/c1-7-16(3)24(20(25)23-21(4,5)6)12-17-14-27-19(22-17)13-26-18-10-8-9-15(2)11-18/h8-11,14,16H,7,12-13H2,1-6H3,(H,23,25). The predicted molar refractivity (Wildman–Crippen MR) is 111 cm³/mol. The number of nitrogens with zero attached hydrogens (tertiary/aromatic N) is 2. The Morgan fingerprint density at radius 1 is 1.37 bits per heavy atom. The van der Waals surface area contributed by atoms with Crippen LogP contribution in [-0.4, -0.2) is 27.5 Å². The average molecular weight is 390 g/mol. The summed E-state index contributed by atoms with van der Waals surface area (Å²) in [5.41, 5.74) is 1.80. The van der Waals surface area contributed by atoms with E-state index in [2.05, 4.69) is 24.1 Å². The Balaban J connectivity index is 2.01. The Kier molecular flexibility index (Phi) is 7.25. The number of aryl methyl sites for hydroxylation is 1. The molecule has 0 saturated carbocycles. The van der Waals surface area contributed by atoms with Crippen molar-refractivity contribution in [2.45, 2.75) is 72.7 Å². The van der Waals surface area contributed by atoms with E-state index in [1.165, 1.54) is 5.56 Å². The third-order valence-electron chi connectivity index (χ3n) is 4.15. The number of hydrogen-bond acceptors (Lipinski definition) is 4. The van der Waals surface area contributed by atoms with Crippen LogP contribution in [0, 0.1) is 6.92 Å². The van der Waals surface area contributed by atoms with Crippen LogP contribution in [0.2, 0.25) is 0 Å². The molecule has 1 heterocycles. The van der Waals surface area contributed by atoms with Crippen molar-refractivity contribution in [1.82, 2.24) is 15.2 Å². The summed E-state index contributed by atoms with van der Waals surface area (Å²) >= 11 is 1.56. The van der Waals surface area contributed by atoms with Crippen molar-refractivity contribution >= 4 is 17.4 Å². The number of nitrogens with one attached hydrogen (secondary N) is 1. The molecule has 0 spiro atoms. The summed E-state index contributed by atoms with van der Waals surface area (Å²) in [5, 5.41) is 5.97. The fraction of sp³-hybridized carbons (Fsp3) is 0.524. The van der Waals surface area contributed by atoms with Crippen molar-refractivity contribution in [3.63, 3.8) is 0 Å². The van der Waals surface area contributed by atoms with Crippen LogP contribution in [0.25, 0.3) is 0 Å². The van der Waals surface area contributed by atoms with E-state index in [0.29, 0.717) is 13.2 Å². The van der Waals surface area contributed by atoms with Crippen molar-refractivity contribution < 1.29 is 9.53 Å². The van der Waals surface area contributed by atoms with Gasteiger partial charge in [-0.3, -0.25) is 0 Å². The highest BCUT2D eigenvalue weighted by molar-refractivity contribution is 7.09. The Morgan fingerprint density at radius 2 is 2.11 bits per heavy atom. The molecule has 2 aromatic rings. The third-order valence-corrected chi connectivity index (χ3v) is 5.02. The summed E-state index contributed by atoms with van der Waals surface area (Å²) in [4.78, 5) is 19.2. The molecule has 1 aromatic carbocycles. The predicted octanol–water partition coefficient (Wildman–Crippen LogP) is 5.14. The maximum absolute atomic E-state index is 12.7. The molecule has 1 aromatic heterocycles. The summed E-state index contributed by atoms with van der Waals surface area (Å²) in [6, 6.07) is 8.07. The van der Waals surface area contributed by atoms with E-state index in [0.717, 1.165) is 22.9 Å². The minimum Gasteiger partial charge on any atom is -0.486 e. The number of carbonyl (C=O) groups is 1. The molecule has 2 rings (SSSR count). The number of hydrogen-bond donors (Lipinski definition) is 1. The first-order valence-corrected chi connectivity index (χ1v) is 10.3. The minimum atomic E-state index is -0.266. The van der Waals surface area contributed by atoms with E-state index >= 15 is 0 Å². The molecule has 0 saturated heterocycles. The molecular weight excluding hydrogens is 358 g/mol. The van der Waals surface area contributed by atoms with E-state index in [4.69, 9.17) is 4.74 Å². The van der Waals surface area contributed by atoms with E-state index in [-0.39, 0.29) is 17.6 Å². The lowest BCUT2D eigenvalue weighted by Gasteiger charge is -2.32. The van der Waals surface area contributed by atoms with Gasteiger partial charge in [0.05, 0.1) is 12.2 Å². The first kappa shape index (κ1) is 21.2. The molecule has 0 aliphatic rings. The molecule has 0 aliphatic heterocycles. The second-order valence-electron chi connectivity index (χ2n) is 7.90. The lowest BCUT2D eigenvalue weighted by Crippen LogP contribution is -2.50. The Labute approximate surface area is 166 Å². The van der Waals surface area contributed by atoms with Crippen LogP contribution in [0.15, 0.2) is 29.6 Å². The zero-order chi connectivity index (χ0) is 20.0. The Morgan fingerprint density at radius 3 is 2.74 bits per heavy atom. The molecule has 1 unspecified atom stereocenters. The number of thiazole rings is 1. The molecule has 148 valence electrons. The SMILES string of the molecule is CCC(C)N(Cc1csc(COc2cccc(C)c2)n1)C(=O)NC(C)(C)C. The van der Waals surface area contributed by atoms with Crippen molar-refractivity contribution in [2.24, 2.45) is 0 Å². The van der Waals surface area contributed by atoms with Crippen molar-refractivity contribution in [3.8, 4) is 5.75 Å². The van der Waals surface area contributed by atoms with Gasteiger partial charge in [-0.25, -0.2) is 9.78 Å². The molecule has 0 radical (unpaired) electrons. The van der Waals surface area contributed by atoms with Gasteiger partial charge in [0.1, 0.15) is 17.4 Å². The summed E-state index contributed by atoms with van der Waals surface area (Å²) in [5.74, 6) is 0.845. The van der Waals surface area contributed by atoms with E-state index in [1.807, 2.05) is 62.2 Å². The molecular formula is C21H31N3O2S. The number of ether oxygens (including phenoxy) is 1. The topological polar surface area (TPSA) is 54.5 Å². The minimum absolute atomic E-state index is 0.0533. The summed E-state index contributed by atoms with van der Waals surface area (Å²) in [6.45, 7) is 13.1. The van der Waals surface area contributed by atoms with Gasteiger partial charge in [0.25, 0.3) is 0 Å². The fourth-order valence-corrected chi connectivity index (χ4v) is 3.25. The fourth-order valence-electron chi connectivity index (χ4n) is 2.55. The van der Waals surface area contributed by atoms with Gasteiger partial charge in [0, 0.05) is 17.0 Å². The molecule has 0 fully saturated rings. The molecule has 0 bridgehead atoms. The second-order valence-corrected chi connectivity index (χ2v) is 8.85. The number of rotatable bonds is 7. The van der Waals surface area contributed by atoms with Gasteiger partial charge in [-0.1, -0.05) is 19.1 Å². The second kappa shape index (κ2) is 9.22. The number of benzene rings is 1. The van der Waals surface area contributed by atoms with Crippen LogP contribution >= 0.6 is 11.3 Å². The quantitative estimate of drug-likeness (QED) is 0.713. The molecule has 6 heteroatoms.